The molecule has 1 heterocycles. The predicted octanol–water partition coefficient (Wildman–Crippen LogP) is 4.66. The standard InChI is InChI=1S/C20H21Cl2FN2O/c21-18-5-2-6-19(22)17(18)13-25-9-7-15(8-10-25)20(26)24-12-14-3-1-4-16(23)11-14/h1-6,11,15H,7-10,12-13H2,(H,24,26). The second-order valence-corrected chi connectivity index (χ2v) is 7.41. The zero-order valence-corrected chi connectivity index (χ0v) is 15.9. The number of nitrogens with zero attached hydrogens (tertiary/aromatic N) is 1. The second kappa shape index (κ2) is 8.85. The first-order valence-corrected chi connectivity index (χ1v) is 9.46. The topological polar surface area (TPSA) is 32.3 Å². The molecular formula is C20H21Cl2FN2O. The second-order valence-electron chi connectivity index (χ2n) is 6.60. The number of hydrogen-bond acceptors (Lipinski definition) is 2. The molecule has 1 aliphatic rings. The molecule has 0 aromatic heterocycles. The lowest BCUT2D eigenvalue weighted by Gasteiger charge is -2.31. The minimum atomic E-state index is -0.289. The normalized spacial score (nSPS) is 15.8. The van der Waals surface area contributed by atoms with Crippen LogP contribution in [0.4, 0.5) is 4.39 Å². The highest BCUT2D eigenvalue weighted by molar-refractivity contribution is 6.35. The molecule has 138 valence electrons. The van der Waals surface area contributed by atoms with E-state index in [1.807, 2.05) is 18.2 Å². The summed E-state index contributed by atoms with van der Waals surface area (Å²) >= 11 is 12.5. The van der Waals surface area contributed by atoms with Crippen LogP contribution in [0.1, 0.15) is 24.0 Å². The molecule has 0 bridgehead atoms. The minimum absolute atomic E-state index is 0.0125. The summed E-state index contributed by atoms with van der Waals surface area (Å²) < 4.78 is 13.2. The highest BCUT2D eigenvalue weighted by Crippen LogP contribution is 2.27. The Balaban J connectivity index is 1.48. The number of rotatable bonds is 5. The van der Waals surface area contributed by atoms with E-state index >= 15 is 0 Å². The number of halogens is 3. The predicted molar refractivity (Wildman–Crippen MR) is 103 cm³/mol. The third kappa shape index (κ3) is 4.97. The maximum Gasteiger partial charge on any atom is 0.223 e. The van der Waals surface area contributed by atoms with Crippen LogP contribution < -0.4 is 5.32 Å². The summed E-state index contributed by atoms with van der Waals surface area (Å²) in [7, 11) is 0. The molecule has 0 unspecified atom stereocenters. The smallest absolute Gasteiger partial charge is 0.223 e. The van der Waals surface area contributed by atoms with Crippen molar-refractivity contribution in [2.75, 3.05) is 13.1 Å². The average Bonchev–Trinajstić information content (AvgIpc) is 2.63. The highest BCUT2D eigenvalue weighted by Gasteiger charge is 2.25. The van der Waals surface area contributed by atoms with Crippen LogP contribution in [0.25, 0.3) is 0 Å². The first kappa shape index (κ1) is 19.2. The fraction of sp³-hybridized carbons (Fsp3) is 0.350. The average molecular weight is 395 g/mol. The summed E-state index contributed by atoms with van der Waals surface area (Å²) in [6.45, 7) is 2.68. The van der Waals surface area contributed by atoms with Crippen molar-refractivity contribution in [1.82, 2.24) is 10.2 Å². The molecule has 0 aliphatic carbocycles. The number of carbonyl (C=O) groups is 1. The molecule has 0 radical (unpaired) electrons. The van der Waals surface area contributed by atoms with Crippen LogP contribution in [0.5, 0.6) is 0 Å². The molecule has 1 amide bonds. The lowest BCUT2D eigenvalue weighted by Crippen LogP contribution is -2.40. The molecule has 6 heteroatoms. The number of hydrogen-bond donors (Lipinski definition) is 1. The van der Waals surface area contributed by atoms with E-state index in [2.05, 4.69) is 10.2 Å². The van der Waals surface area contributed by atoms with Crippen LogP contribution in [-0.2, 0) is 17.9 Å². The van der Waals surface area contributed by atoms with E-state index in [0.717, 1.165) is 37.1 Å². The molecular weight excluding hydrogens is 374 g/mol. The Morgan fingerprint density at radius 2 is 1.77 bits per heavy atom. The Labute approximate surface area is 163 Å². The molecule has 0 saturated carbocycles. The SMILES string of the molecule is O=C(NCc1cccc(F)c1)C1CCN(Cc2c(Cl)cccc2Cl)CC1. The highest BCUT2D eigenvalue weighted by atomic mass is 35.5. The Hall–Kier alpha value is -1.62. The van der Waals surface area contributed by atoms with Gasteiger partial charge in [-0.05, 0) is 55.8 Å². The van der Waals surface area contributed by atoms with E-state index in [0.29, 0.717) is 23.1 Å². The number of piperidine rings is 1. The molecule has 26 heavy (non-hydrogen) atoms. The van der Waals surface area contributed by atoms with Gasteiger partial charge in [0.2, 0.25) is 5.91 Å². The van der Waals surface area contributed by atoms with Crippen LogP contribution in [0.2, 0.25) is 10.0 Å². The third-order valence-electron chi connectivity index (χ3n) is 4.76. The first-order chi connectivity index (χ1) is 12.5. The quantitative estimate of drug-likeness (QED) is 0.799. The fourth-order valence-corrected chi connectivity index (χ4v) is 3.76. The van der Waals surface area contributed by atoms with Crippen molar-refractivity contribution in [2.45, 2.75) is 25.9 Å². The van der Waals surface area contributed by atoms with Crippen LogP contribution >= 0.6 is 23.2 Å². The van der Waals surface area contributed by atoms with Crippen molar-refractivity contribution in [3.63, 3.8) is 0 Å². The summed E-state index contributed by atoms with van der Waals surface area (Å²) in [6.07, 6.45) is 1.58. The van der Waals surface area contributed by atoms with Gasteiger partial charge in [-0.1, -0.05) is 41.4 Å². The summed E-state index contributed by atoms with van der Waals surface area (Å²) in [5.41, 5.74) is 1.70. The zero-order chi connectivity index (χ0) is 18.5. The van der Waals surface area contributed by atoms with Gasteiger partial charge in [-0.15, -0.1) is 0 Å². The van der Waals surface area contributed by atoms with E-state index in [1.54, 1.807) is 12.1 Å². The molecule has 2 aromatic rings. The van der Waals surface area contributed by atoms with Crippen molar-refractivity contribution < 1.29 is 9.18 Å². The largest absolute Gasteiger partial charge is 0.352 e. The van der Waals surface area contributed by atoms with E-state index in [4.69, 9.17) is 23.2 Å². The van der Waals surface area contributed by atoms with E-state index in [1.165, 1.54) is 12.1 Å². The molecule has 1 saturated heterocycles. The van der Waals surface area contributed by atoms with Crippen molar-refractivity contribution >= 4 is 29.1 Å². The van der Waals surface area contributed by atoms with Crippen molar-refractivity contribution in [3.05, 3.63) is 69.5 Å². The van der Waals surface area contributed by atoms with E-state index in [-0.39, 0.29) is 17.6 Å². The number of benzene rings is 2. The Kier molecular flexibility index (Phi) is 6.52. The molecule has 1 fully saturated rings. The molecule has 3 nitrogen and oxygen atoms in total. The van der Waals surface area contributed by atoms with Gasteiger partial charge in [0.15, 0.2) is 0 Å². The fourth-order valence-electron chi connectivity index (χ4n) is 3.24. The molecule has 3 rings (SSSR count). The summed E-state index contributed by atoms with van der Waals surface area (Å²) in [6, 6.07) is 11.8. The monoisotopic (exact) mass is 394 g/mol. The van der Waals surface area contributed by atoms with Gasteiger partial charge in [-0.3, -0.25) is 9.69 Å². The van der Waals surface area contributed by atoms with Crippen molar-refractivity contribution in [2.24, 2.45) is 5.92 Å². The van der Waals surface area contributed by atoms with Gasteiger partial charge in [0.05, 0.1) is 0 Å². The molecule has 2 aromatic carbocycles. The Morgan fingerprint density at radius 1 is 1.12 bits per heavy atom. The zero-order valence-electron chi connectivity index (χ0n) is 14.4. The van der Waals surface area contributed by atoms with Gasteiger partial charge >= 0.3 is 0 Å². The van der Waals surface area contributed by atoms with Crippen LogP contribution in [0, 0.1) is 11.7 Å². The van der Waals surface area contributed by atoms with Crippen molar-refractivity contribution in [1.29, 1.82) is 0 Å². The summed E-state index contributed by atoms with van der Waals surface area (Å²) in [5.74, 6) is -0.269. The number of nitrogens with one attached hydrogen (secondary N) is 1. The van der Waals surface area contributed by atoms with Crippen LogP contribution in [0.3, 0.4) is 0 Å². The molecule has 0 atom stereocenters. The molecule has 1 aliphatic heterocycles. The summed E-state index contributed by atoms with van der Waals surface area (Å²) in [5, 5.41) is 4.26. The van der Waals surface area contributed by atoms with Gasteiger partial charge in [0.1, 0.15) is 5.82 Å². The summed E-state index contributed by atoms with van der Waals surface area (Å²) in [4.78, 5) is 14.6. The first-order valence-electron chi connectivity index (χ1n) is 8.70. The van der Waals surface area contributed by atoms with Gasteiger partial charge < -0.3 is 5.32 Å². The Morgan fingerprint density at radius 3 is 2.42 bits per heavy atom. The van der Waals surface area contributed by atoms with E-state index < -0.39 is 0 Å². The number of carbonyl (C=O) groups excluding carboxylic acids is 1. The van der Waals surface area contributed by atoms with Crippen LogP contribution in [-0.4, -0.2) is 23.9 Å². The van der Waals surface area contributed by atoms with Crippen molar-refractivity contribution in [3.8, 4) is 0 Å². The van der Waals surface area contributed by atoms with Crippen LogP contribution in [0.15, 0.2) is 42.5 Å². The maximum atomic E-state index is 13.2. The van der Waals surface area contributed by atoms with Gasteiger partial charge in [0, 0.05) is 34.6 Å². The Bertz CT molecular complexity index is 756. The van der Waals surface area contributed by atoms with Gasteiger partial charge in [-0.25, -0.2) is 4.39 Å². The number of likely N-dealkylation sites (tertiary alicyclic amines) is 1. The number of amides is 1. The minimum Gasteiger partial charge on any atom is -0.352 e. The lowest BCUT2D eigenvalue weighted by atomic mass is 9.95. The van der Waals surface area contributed by atoms with E-state index in [9.17, 15) is 9.18 Å². The lowest BCUT2D eigenvalue weighted by molar-refractivity contribution is -0.126. The maximum absolute atomic E-state index is 13.2. The molecule has 1 N–H and O–H groups in total. The molecule has 0 spiro atoms. The third-order valence-corrected chi connectivity index (χ3v) is 5.47. The van der Waals surface area contributed by atoms with Gasteiger partial charge in [-0.2, -0.15) is 0 Å². The van der Waals surface area contributed by atoms with Gasteiger partial charge in [0.25, 0.3) is 0 Å².